The molecular formula is C31H39N3O5S. The summed E-state index contributed by atoms with van der Waals surface area (Å²) in [6.45, 7) is 8.98. The number of sulfonamides is 1. The van der Waals surface area contributed by atoms with E-state index < -0.39 is 28.5 Å². The molecule has 2 atom stereocenters. The Kier molecular flexibility index (Phi) is 10.3. The summed E-state index contributed by atoms with van der Waals surface area (Å²) in [4.78, 5) is 28.7. The van der Waals surface area contributed by atoms with Crippen molar-refractivity contribution in [3.05, 3.63) is 89.5 Å². The number of benzene rings is 3. The molecule has 0 radical (unpaired) electrons. The Morgan fingerprint density at radius 2 is 1.62 bits per heavy atom. The van der Waals surface area contributed by atoms with Crippen LogP contribution in [0.2, 0.25) is 0 Å². The van der Waals surface area contributed by atoms with E-state index in [9.17, 15) is 18.0 Å². The molecule has 40 heavy (non-hydrogen) atoms. The lowest BCUT2D eigenvalue weighted by atomic mass is 10.1. The molecule has 0 saturated heterocycles. The summed E-state index contributed by atoms with van der Waals surface area (Å²) < 4.78 is 34.3. The first-order valence-electron chi connectivity index (χ1n) is 13.4. The molecule has 3 aromatic rings. The normalized spacial score (nSPS) is 12.8. The third-order valence-electron chi connectivity index (χ3n) is 7.00. The van der Waals surface area contributed by atoms with Gasteiger partial charge in [0.05, 0.1) is 17.7 Å². The number of amides is 2. The maximum Gasteiger partial charge on any atom is 0.264 e. The maximum absolute atomic E-state index is 14.0. The lowest BCUT2D eigenvalue weighted by Gasteiger charge is -2.33. The number of hydrogen-bond donors (Lipinski definition) is 1. The van der Waals surface area contributed by atoms with Crippen LogP contribution in [0.25, 0.3) is 0 Å². The number of anilines is 1. The van der Waals surface area contributed by atoms with E-state index in [1.807, 2.05) is 52.0 Å². The first-order chi connectivity index (χ1) is 19.0. The van der Waals surface area contributed by atoms with Gasteiger partial charge in [-0.05, 0) is 69.5 Å². The number of hydrogen-bond acceptors (Lipinski definition) is 5. The Bertz CT molecular complexity index is 1420. The minimum Gasteiger partial charge on any atom is -0.497 e. The second-order valence-corrected chi connectivity index (χ2v) is 11.8. The monoisotopic (exact) mass is 565 g/mol. The van der Waals surface area contributed by atoms with E-state index in [2.05, 4.69) is 5.32 Å². The molecule has 0 aliphatic rings. The van der Waals surface area contributed by atoms with Crippen LogP contribution < -0.4 is 14.4 Å². The van der Waals surface area contributed by atoms with Crippen LogP contribution >= 0.6 is 0 Å². The average Bonchev–Trinajstić information content (AvgIpc) is 2.95. The number of nitrogens with one attached hydrogen (secondary N) is 1. The zero-order valence-corrected chi connectivity index (χ0v) is 24.9. The van der Waals surface area contributed by atoms with Crippen molar-refractivity contribution < 1.29 is 22.7 Å². The van der Waals surface area contributed by atoms with Crippen molar-refractivity contribution in [2.24, 2.45) is 0 Å². The highest BCUT2D eigenvalue weighted by atomic mass is 32.2. The summed E-state index contributed by atoms with van der Waals surface area (Å²) in [7, 11) is -2.65. The fourth-order valence-electron chi connectivity index (χ4n) is 4.15. The number of carbonyl (C=O) groups excluding carboxylic acids is 2. The van der Waals surface area contributed by atoms with Gasteiger partial charge in [-0.1, -0.05) is 55.0 Å². The standard InChI is InChI=1S/C31H39N3O5S/c1-7-24(4)32-31(36)25(5)33(20-26-12-9-8-11-23(26)3)30(35)21-34(27-13-10-14-28(19-27)39-6)40(37,38)29-17-15-22(2)16-18-29/h8-19,24-25H,7,20-21H2,1-6H3,(H,32,36). The van der Waals surface area contributed by atoms with Crippen LogP contribution in [-0.2, 0) is 26.2 Å². The minimum absolute atomic E-state index is 0.0572. The van der Waals surface area contributed by atoms with E-state index in [4.69, 9.17) is 4.74 Å². The van der Waals surface area contributed by atoms with Crippen LogP contribution in [0.3, 0.4) is 0 Å². The van der Waals surface area contributed by atoms with Gasteiger partial charge in [0.2, 0.25) is 11.8 Å². The topological polar surface area (TPSA) is 96.0 Å². The Hall–Kier alpha value is -3.85. The predicted octanol–water partition coefficient (Wildman–Crippen LogP) is 4.84. The van der Waals surface area contributed by atoms with Crippen molar-refractivity contribution >= 4 is 27.5 Å². The van der Waals surface area contributed by atoms with Gasteiger partial charge in [0.1, 0.15) is 18.3 Å². The molecule has 2 amide bonds. The molecule has 0 bridgehead atoms. The van der Waals surface area contributed by atoms with Gasteiger partial charge in [-0.2, -0.15) is 0 Å². The maximum atomic E-state index is 14.0. The fourth-order valence-corrected chi connectivity index (χ4v) is 5.56. The van der Waals surface area contributed by atoms with E-state index >= 15 is 0 Å². The zero-order valence-electron chi connectivity index (χ0n) is 24.0. The SMILES string of the molecule is CCC(C)NC(=O)C(C)N(Cc1ccccc1C)C(=O)CN(c1cccc(OC)c1)S(=O)(=O)c1ccc(C)cc1. The molecule has 8 nitrogen and oxygen atoms in total. The second kappa shape index (κ2) is 13.5. The minimum atomic E-state index is -4.14. The van der Waals surface area contributed by atoms with Crippen molar-refractivity contribution in [3.8, 4) is 5.75 Å². The van der Waals surface area contributed by atoms with Gasteiger partial charge in [-0.15, -0.1) is 0 Å². The summed E-state index contributed by atoms with van der Waals surface area (Å²) in [5, 5.41) is 2.95. The fraction of sp³-hybridized carbons (Fsp3) is 0.355. The van der Waals surface area contributed by atoms with Crippen molar-refractivity contribution in [2.45, 2.75) is 64.6 Å². The number of rotatable bonds is 12. The Balaban J connectivity index is 2.05. The van der Waals surface area contributed by atoms with Crippen molar-refractivity contribution in [1.82, 2.24) is 10.2 Å². The third-order valence-corrected chi connectivity index (χ3v) is 8.79. The van der Waals surface area contributed by atoms with E-state index in [1.165, 1.54) is 24.1 Å². The molecule has 0 saturated carbocycles. The molecule has 3 rings (SSSR count). The molecule has 0 fully saturated rings. The van der Waals surface area contributed by atoms with Gasteiger partial charge < -0.3 is 15.0 Å². The van der Waals surface area contributed by atoms with Crippen molar-refractivity contribution in [3.63, 3.8) is 0 Å². The molecule has 0 aliphatic carbocycles. The molecule has 0 heterocycles. The van der Waals surface area contributed by atoms with Crippen LogP contribution in [0, 0.1) is 13.8 Å². The Morgan fingerprint density at radius 1 is 0.950 bits per heavy atom. The molecule has 9 heteroatoms. The summed E-state index contributed by atoms with van der Waals surface area (Å²) in [5.74, 6) is -0.355. The van der Waals surface area contributed by atoms with Crippen LogP contribution in [-0.4, -0.2) is 50.9 Å². The van der Waals surface area contributed by atoms with E-state index in [-0.39, 0.29) is 29.1 Å². The van der Waals surface area contributed by atoms with Crippen LogP contribution in [0.5, 0.6) is 5.75 Å². The van der Waals surface area contributed by atoms with Crippen molar-refractivity contribution in [2.75, 3.05) is 18.0 Å². The van der Waals surface area contributed by atoms with Crippen LogP contribution in [0.1, 0.15) is 43.9 Å². The van der Waals surface area contributed by atoms with Crippen molar-refractivity contribution in [1.29, 1.82) is 0 Å². The van der Waals surface area contributed by atoms with E-state index in [1.54, 1.807) is 43.3 Å². The van der Waals surface area contributed by atoms with Gasteiger partial charge in [0, 0.05) is 18.7 Å². The lowest BCUT2D eigenvalue weighted by Crippen LogP contribution is -2.52. The molecule has 214 valence electrons. The molecular weight excluding hydrogens is 526 g/mol. The average molecular weight is 566 g/mol. The van der Waals surface area contributed by atoms with Crippen LogP contribution in [0.4, 0.5) is 5.69 Å². The van der Waals surface area contributed by atoms with E-state index in [0.29, 0.717) is 5.75 Å². The highest BCUT2D eigenvalue weighted by molar-refractivity contribution is 7.92. The van der Waals surface area contributed by atoms with Gasteiger partial charge >= 0.3 is 0 Å². The predicted molar refractivity (Wildman–Crippen MR) is 158 cm³/mol. The van der Waals surface area contributed by atoms with Crippen LogP contribution in [0.15, 0.2) is 77.7 Å². The van der Waals surface area contributed by atoms with Gasteiger partial charge in [0.25, 0.3) is 10.0 Å². The summed E-state index contributed by atoms with van der Waals surface area (Å²) in [6, 6.07) is 19.7. The lowest BCUT2D eigenvalue weighted by molar-refractivity contribution is -0.139. The highest BCUT2D eigenvalue weighted by Crippen LogP contribution is 2.28. The van der Waals surface area contributed by atoms with Gasteiger partial charge in [-0.25, -0.2) is 8.42 Å². The first kappa shape index (κ1) is 30.7. The second-order valence-electron chi connectivity index (χ2n) is 9.97. The van der Waals surface area contributed by atoms with E-state index in [0.717, 1.165) is 27.4 Å². The van der Waals surface area contributed by atoms with Gasteiger partial charge in [-0.3, -0.25) is 13.9 Å². The highest BCUT2D eigenvalue weighted by Gasteiger charge is 2.33. The summed E-state index contributed by atoms with van der Waals surface area (Å²) in [5.41, 5.74) is 3.02. The molecule has 3 aromatic carbocycles. The number of nitrogens with zero attached hydrogens (tertiary/aromatic N) is 2. The number of ether oxygens (including phenoxy) is 1. The summed E-state index contributed by atoms with van der Waals surface area (Å²) >= 11 is 0. The molecule has 1 N–H and O–H groups in total. The smallest absolute Gasteiger partial charge is 0.264 e. The molecule has 0 spiro atoms. The summed E-state index contributed by atoms with van der Waals surface area (Å²) in [6.07, 6.45) is 0.739. The molecule has 0 aliphatic heterocycles. The molecule has 0 aromatic heterocycles. The zero-order chi connectivity index (χ0) is 29.4. The van der Waals surface area contributed by atoms with Gasteiger partial charge in [0.15, 0.2) is 0 Å². The number of methoxy groups -OCH3 is 1. The quantitative estimate of drug-likeness (QED) is 0.339. The first-order valence-corrected chi connectivity index (χ1v) is 14.8. The third kappa shape index (κ3) is 7.41. The Morgan fingerprint density at radius 3 is 2.25 bits per heavy atom. The Labute approximate surface area is 238 Å². The largest absolute Gasteiger partial charge is 0.497 e. The molecule has 2 unspecified atom stereocenters. The number of carbonyl (C=O) groups is 2. The number of aryl methyl sites for hydroxylation is 2.